The van der Waals surface area contributed by atoms with Gasteiger partial charge in [-0.25, -0.2) is 14.4 Å². The molecule has 0 bridgehead atoms. The molecule has 3 aromatic rings. The maximum Gasteiger partial charge on any atom is 0.242 e. The predicted octanol–water partition coefficient (Wildman–Crippen LogP) is 1.26. The van der Waals surface area contributed by atoms with Gasteiger partial charge >= 0.3 is 0 Å². The fraction of sp³-hybridized carbons (Fsp3) is 0.133. The molecule has 1 aromatic carbocycles. The largest absolute Gasteiger partial charge is 0.394 e. The van der Waals surface area contributed by atoms with Crippen molar-refractivity contribution < 1.29 is 14.3 Å². The van der Waals surface area contributed by atoms with Crippen molar-refractivity contribution in [2.24, 2.45) is 5.73 Å². The standard InChI is InChI=1S/C15H13FN4O2/c16-10-3-1-2-9-4-5-11(19-13(9)10)15-18-6-7-20(15)12(8-21)14(17)22/h1-7,12,21H,8H2,(H2,17,22)/t12-/m0/s1. The summed E-state index contributed by atoms with van der Waals surface area (Å²) in [5.74, 6) is -0.789. The average molecular weight is 300 g/mol. The summed E-state index contributed by atoms with van der Waals surface area (Å²) in [4.78, 5) is 19.8. The zero-order chi connectivity index (χ0) is 15.7. The first kappa shape index (κ1) is 14.2. The Balaban J connectivity index is 2.15. The summed E-state index contributed by atoms with van der Waals surface area (Å²) in [6, 6.07) is 7.13. The molecule has 1 atom stereocenters. The first-order valence-electron chi connectivity index (χ1n) is 6.60. The van der Waals surface area contributed by atoms with Gasteiger partial charge in [-0.3, -0.25) is 4.79 Å². The van der Waals surface area contributed by atoms with Gasteiger partial charge in [0.15, 0.2) is 5.82 Å². The van der Waals surface area contributed by atoms with Gasteiger partial charge in [0.1, 0.15) is 23.1 Å². The van der Waals surface area contributed by atoms with E-state index in [4.69, 9.17) is 5.73 Å². The van der Waals surface area contributed by atoms with E-state index in [1.165, 1.54) is 23.0 Å². The van der Waals surface area contributed by atoms with Gasteiger partial charge in [-0.2, -0.15) is 0 Å². The number of para-hydroxylation sites is 1. The van der Waals surface area contributed by atoms with Gasteiger partial charge in [0.2, 0.25) is 5.91 Å². The van der Waals surface area contributed by atoms with E-state index in [0.29, 0.717) is 16.9 Å². The summed E-state index contributed by atoms with van der Waals surface area (Å²) in [6.07, 6.45) is 2.99. The van der Waals surface area contributed by atoms with Gasteiger partial charge < -0.3 is 15.4 Å². The van der Waals surface area contributed by atoms with Gasteiger partial charge in [0.05, 0.1) is 6.61 Å². The lowest BCUT2D eigenvalue weighted by atomic mass is 10.2. The maximum atomic E-state index is 13.9. The molecule has 0 aliphatic carbocycles. The first-order valence-corrected chi connectivity index (χ1v) is 6.60. The van der Waals surface area contributed by atoms with Crippen LogP contribution in [0.5, 0.6) is 0 Å². The van der Waals surface area contributed by atoms with Crippen molar-refractivity contribution in [1.82, 2.24) is 14.5 Å². The molecule has 2 aromatic heterocycles. The van der Waals surface area contributed by atoms with Gasteiger partial charge in [-0.15, -0.1) is 0 Å². The minimum absolute atomic E-state index is 0.217. The fourth-order valence-electron chi connectivity index (χ4n) is 2.31. The number of rotatable bonds is 4. The normalized spacial score (nSPS) is 12.5. The van der Waals surface area contributed by atoms with Crippen molar-refractivity contribution >= 4 is 16.8 Å². The van der Waals surface area contributed by atoms with Crippen LogP contribution in [-0.4, -0.2) is 32.2 Å². The van der Waals surface area contributed by atoms with E-state index in [-0.39, 0.29) is 5.52 Å². The van der Waals surface area contributed by atoms with Crippen molar-refractivity contribution in [2.45, 2.75) is 6.04 Å². The van der Waals surface area contributed by atoms with Gasteiger partial charge in [-0.05, 0) is 12.1 Å². The molecule has 0 aliphatic heterocycles. The highest BCUT2D eigenvalue weighted by molar-refractivity contribution is 5.82. The third-order valence-corrected chi connectivity index (χ3v) is 3.41. The number of fused-ring (bicyclic) bond motifs is 1. The molecular weight excluding hydrogens is 287 g/mol. The third-order valence-electron chi connectivity index (χ3n) is 3.41. The molecule has 0 saturated heterocycles. The molecule has 112 valence electrons. The topological polar surface area (TPSA) is 94.0 Å². The molecule has 0 saturated carbocycles. The zero-order valence-electron chi connectivity index (χ0n) is 11.5. The lowest BCUT2D eigenvalue weighted by molar-refractivity contribution is -0.122. The lowest BCUT2D eigenvalue weighted by Crippen LogP contribution is -2.29. The number of aromatic nitrogens is 3. The Morgan fingerprint density at radius 2 is 2.18 bits per heavy atom. The molecule has 0 aliphatic rings. The molecule has 22 heavy (non-hydrogen) atoms. The number of amides is 1. The summed E-state index contributed by atoms with van der Waals surface area (Å²) in [7, 11) is 0. The Morgan fingerprint density at radius 3 is 2.91 bits per heavy atom. The van der Waals surface area contributed by atoms with E-state index in [0.717, 1.165) is 0 Å². The summed E-state index contributed by atoms with van der Waals surface area (Å²) in [5.41, 5.74) is 5.88. The van der Waals surface area contributed by atoms with Crippen LogP contribution in [0, 0.1) is 5.82 Å². The van der Waals surface area contributed by atoms with Crippen LogP contribution in [0.2, 0.25) is 0 Å². The Morgan fingerprint density at radius 1 is 1.36 bits per heavy atom. The molecule has 3 rings (SSSR count). The lowest BCUT2D eigenvalue weighted by Gasteiger charge is -2.15. The second-order valence-electron chi connectivity index (χ2n) is 4.77. The van der Waals surface area contributed by atoms with E-state index in [9.17, 15) is 14.3 Å². The second kappa shape index (κ2) is 5.53. The monoisotopic (exact) mass is 300 g/mol. The Kier molecular flexibility index (Phi) is 3.56. The van der Waals surface area contributed by atoms with Gasteiger partial charge in [0.25, 0.3) is 0 Å². The minimum Gasteiger partial charge on any atom is -0.394 e. The number of benzene rings is 1. The number of aliphatic hydroxyl groups is 1. The van der Waals surface area contributed by atoms with E-state index < -0.39 is 24.4 Å². The van der Waals surface area contributed by atoms with E-state index in [1.807, 2.05) is 0 Å². The zero-order valence-corrected chi connectivity index (χ0v) is 11.5. The maximum absolute atomic E-state index is 13.9. The van der Waals surface area contributed by atoms with Gasteiger partial charge in [-0.1, -0.05) is 18.2 Å². The Hall–Kier alpha value is -2.80. The molecular formula is C15H13FN4O2. The highest BCUT2D eigenvalue weighted by atomic mass is 19.1. The molecule has 0 radical (unpaired) electrons. The molecule has 1 amide bonds. The highest BCUT2D eigenvalue weighted by Gasteiger charge is 2.20. The molecule has 7 heteroatoms. The number of carbonyl (C=O) groups excluding carboxylic acids is 1. The van der Waals surface area contributed by atoms with Crippen molar-refractivity contribution in [3.63, 3.8) is 0 Å². The van der Waals surface area contributed by atoms with Crippen molar-refractivity contribution in [1.29, 1.82) is 0 Å². The number of pyridine rings is 1. The van der Waals surface area contributed by atoms with E-state index >= 15 is 0 Å². The van der Waals surface area contributed by atoms with E-state index in [2.05, 4.69) is 9.97 Å². The van der Waals surface area contributed by atoms with Crippen LogP contribution >= 0.6 is 0 Å². The van der Waals surface area contributed by atoms with Crippen LogP contribution in [0.1, 0.15) is 6.04 Å². The number of carbonyl (C=O) groups is 1. The number of nitrogens with two attached hydrogens (primary N) is 1. The molecule has 3 N–H and O–H groups in total. The Labute approximate surface area is 125 Å². The summed E-state index contributed by atoms with van der Waals surface area (Å²) < 4.78 is 15.3. The highest BCUT2D eigenvalue weighted by Crippen LogP contribution is 2.23. The molecule has 0 unspecified atom stereocenters. The number of nitrogens with zero attached hydrogens (tertiary/aromatic N) is 3. The first-order chi connectivity index (χ1) is 10.6. The number of hydrogen-bond acceptors (Lipinski definition) is 4. The van der Waals surface area contributed by atoms with Crippen LogP contribution < -0.4 is 5.73 Å². The van der Waals surface area contributed by atoms with Crippen LogP contribution in [0.15, 0.2) is 42.7 Å². The molecule has 0 fully saturated rings. The average Bonchev–Trinajstić information content (AvgIpc) is 2.97. The Bertz CT molecular complexity index is 846. The molecule has 0 spiro atoms. The smallest absolute Gasteiger partial charge is 0.242 e. The van der Waals surface area contributed by atoms with Crippen LogP contribution in [-0.2, 0) is 4.79 Å². The number of primary amides is 1. The van der Waals surface area contributed by atoms with Crippen molar-refractivity contribution in [3.05, 3.63) is 48.5 Å². The fourth-order valence-corrected chi connectivity index (χ4v) is 2.31. The molecule has 2 heterocycles. The number of aliphatic hydroxyl groups excluding tert-OH is 1. The predicted molar refractivity (Wildman–Crippen MR) is 78.2 cm³/mol. The molecule has 6 nitrogen and oxygen atoms in total. The van der Waals surface area contributed by atoms with Gasteiger partial charge in [0, 0.05) is 17.8 Å². The number of hydrogen-bond donors (Lipinski definition) is 2. The summed E-state index contributed by atoms with van der Waals surface area (Å²) in [6.45, 7) is -0.458. The summed E-state index contributed by atoms with van der Waals surface area (Å²) in [5, 5.41) is 9.99. The number of halogens is 1. The second-order valence-corrected chi connectivity index (χ2v) is 4.77. The quantitative estimate of drug-likeness (QED) is 0.758. The number of imidazole rings is 1. The van der Waals surface area contributed by atoms with Crippen LogP contribution in [0.4, 0.5) is 4.39 Å². The summed E-state index contributed by atoms with van der Waals surface area (Å²) >= 11 is 0. The SMILES string of the molecule is NC(=O)[C@H](CO)n1ccnc1-c1ccc2cccc(F)c2n1. The third kappa shape index (κ3) is 2.31. The van der Waals surface area contributed by atoms with Crippen molar-refractivity contribution in [3.8, 4) is 11.5 Å². The van der Waals surface area contributed by atoms with Crippen LogP contribution in [0.25, 0.3) is 22.4 Å². The van der Waals surface area contributed by atoms with E-state index in [1.54, 1.807) is 24.3 Å². The van der Waals surface area contributed by atoms with Crippen LogP contribution in [0.3, 0.4) is 0 Å². The van der Waals surface area contributed by atoms with Crippen molar-refractivity contribution in [2.75, 3.05) is 6.61 Å². The minimum atomic E-state index is -0.949.